The van der Waals surface area contributed by atoms with E-state index in [-0.39, 0.29) is 31.0 Å². The number of ether oxygens (including phenoxy) is 1. The Labute approximate surface area is 174 Å². The van der Waals surface area contributed by atoms with Gasteiger partial charge in [-0.3, -0.25) is 4.79 Å². The maximum atomic E-state index is 13.7. The van der Waals surface area contributed by atoms with Crippen LogP contribution in [0.4, 0.5) is 13.6 Å². The van der Waals surface area contributed by atoms with E-state index in [1.165, 1.54) is 18.2 Å². The summed E-state index contributed by atoms with van der Waals surface area (Å²) >= 11 is 0. The van der Waals surface area contributed by atoms with E-state index in [2.05, 4.69) is 10.6 Å². The van der Waals surface area contributed by atoms with Crippen LogP contribution in [-0.2, 0) is 16.0 Å². The molecule has 8 heteroatoms. The van der Waals surface area contributed by atoms with Crippen LogP contribution in [0.2, 0.25) is 0 Å². The van der Waals surface area contributed by atoms with Crippen LogP contribution in [0.3, 0.4) is 0 Å². The van der Waals surface area contributed by atoms with Crippen LogP contribution in [0.25, 0.3) is 0 Å². The summed E-state index contributed by atoms with van der Waals surface area (Å²) in [5.41, 5.74) is 0.741. The molecule has 1 saturated heterocycles. The lowest BCUT2D eigenvalue weighted by molar-refractivity contribution is -0.136. The predicted molar refractivity (Wildman–Crippen MR) is 108 cm³/mol. The van der Waals surface area contributed by atoms with E-state index in [0.717, 1.165) is 5.56 Å². The molecule has 0 spiro atoms. The largest absolute Gasteiger partial charge is 0.378 e. The molecule has 30 heavy (non-hydrogen) atoms. The van der Waals surface area contributed by atoms with Gasteiger partial charge in [-0.1, -0.05) is 36.4 Å². The molecule has 0 bridgehead atoms. The van der Waals surface area contributed by atoms with Crippen LogP contribution >= 0.6 is 0 Å². The zero-order chi connectivity index (χ0) is 21.3. The molecular weight excluding hydrogens is 392 g/mol. The summed E-state index contributed by atoms with van der Waals surface area (Å²) in [7, 11) is 0. The topological polar surface area (TPSA) is 70.7 Å². The van der Waals surface area contributed by atoms with E-state index in [9.17, 15) is 18.4 Å². The van der Waals surface area contributed by atoms with Crippen molar-refractivity contribution < 1.29 is 23.1 Å². The van der Waals surface area contributed by atoms with Gasteiger partial charge < -0.3 is 20.3 Å². The fraction of sp³-hybridized carbons (Fsp3) is 0.364. The third-order valence-electron chi connectivity index (χ3n) is 5.01. The van der Waals surface area contributed by atoms with Gasteiger partial charge in [-0.25, -0.2) is 13.6 Å². The first-order valence-corrected chi connectivity index (χ1v) is 9.92. The fourth-order valence-corrected chi connectivity index (χ4v) is 3.37. The van der Waals surface area contributed by atoms with Crippen LogP contribution in [-0.4, -0.2) is 56.2 Å². The Hall–Kier alpha value is -3.00. The van der Waals surface area contributed by atoms with Crippen molar-refractivity contribution in [2.45, 2.75) is 12.3 Å². The average Bonchev–Trinajstić information content (AvgIpc) is 2.77. The third-order valence-corrected chi connectivity index (χ3v) is 5.01. The molecule has 6 nitrogen and oxygen atoms in total. The third kappa shape index (κ3) is 5.76. The summed E-state index contributed by atoms with van der Waals surface area (Å²) in [4.78, 5) is 26.9. The van der Waals surface area contributed by atoms with Gasteiger partial charge in [0.25, 0.3) is 0 Å². The van der Waals surface area contributed by atoms with Crippen LogP contribution in [0.1, 0.15) is 17.0 Å². The van der Waals surface area contributed by atoms with Crippen molar-refractivity contribution >= 4 is 11.9 Å². The van der Waals surface area contributed by atoms with E-state index in [1.54, 1.807) is 4.90 Å². The van der Waals surface area contributed by atoms with E-state index in [1.807, 2.05) is 30.3 Å². The summed E-state index contributed by atoms with van der Waals surface area (Å²) in [6.07, 6.45) is 0.0285. The van der Waals surface area contributed by atoms with Gasteiger partial charge in [0.05, 0.1) is 19.1 Å². The first kappa shape index (κ1) is 21.7. The lowest BCUT2D eigenvalue weighted by Gasteiger charge is -2.30. The number of carbonyl (C=O) groups is 2. The second-order valence-corrected chi connectivity index (χ2v) is 6.99. The van der Waals surface area contributed by atoms with Gasteiger partial charge in [-0.05, 0) is 24.1 Å². The second kappa shape index (κ2) is 10.7. The number of urea groups is 1. The molecule has 0 aliphatic carbocycles. The minimum absolute atomic E-state index is 0.0285. The van der Waals surface area contributed by atoms with E-state index < -0.39 is 23.6 Å². The van der Waals surface area contributed by atoms with Crippen molar-refractivity contribution in [1.29, 1.82) is 0 Å². The van der Waals surface area contributed by atoms with E-state index >= 15 is 0 Å². The number of morpholine rings is 1. The fourth-order valence-electron chi connectivity index (χ4n) is 3.37. The highest BCUT2D eigenvalue weighted by atomic mass is 19.1. The van der Waals surface area contributed by atoms with E-state index in [0.29, 0.717) is 26.3 Å². The summed E-state index contributed by atoms with van der Waals surface area (Å²) in [5, 5.41) is 5.28. The lowest BCUT2D eigenvalue weighted by Crippen LogP contribution is -2.46. The van der Waals surface area contributed by atoms with Crippen LogP contribution in [0.5, 0.6) is 0 Å². The Bertz CT molecular complexity index is 838. The predicted octanol–water partition coefficient (Wildman–Crippen LogP) is 2.45. The molecule has 0 aromatic heterocycles. The van der Waals surface area contributed by atoms with Crippen molar-refractivity contribution in [3.05, 3.63) is 71.3 Å². The minimum atomic E-state index is -0.641. The first-order chi connectivity index (χ1) is 14.6. The molecule has 3 rings (SSSR count). The Morgan fingerprint density at radius 1 is 0.967 bits per heavy atom. The van der Waals surface area contributed by atoms with Crippen LogP contribution in [0, 0.1) is 11.6 Å². The minimum Gasteiger partial charge on any atom is -0.378 e. The monoisotopic (exact) mass is 417 g/mol. The molecule has 0 radical (unpaired) electrons. The lowest BCUT2D eigenvalue weighted by atomic mass is 9.97. The van der Waals surface area contributed by atoms with Crippen molar-refractivity contribution in [2.75, 3.05) is 39.4 Å². The molecule has 2 aromatic carbocycles. The highest BCUT2D eigenvalue weighted by Crippen LogP contribution is 2.19. The summed E-state index contributed by atoms with van der Waals surface area (Å²) < 4.78 is 32.6. The molecular formula is C22H25F2N3O3. The molecule has 1 fully saturated rings. The van der Waals surface area contributed by atoms with Crippen molar-refractivity contribution in [3.63, 3.8) is 0 Å². The van der Waals surface area contributed by atoms with Gasteiger partial charge in [0.1, 0.15) is 11.6 Å². The Morgan fingerprint density at radius 2 is 1.63 bits per heavy atom. The molecule has 1 unspecified atom stereocenters. The van der Waals surface area contributed by atoms with Gasteiger partial charge in [-0.2, -0.15) is 0 Å². The highest BCUT2D eigenvalue weighted by molar-refractivity contribution is 5.85. The number of nitrogens with zero attached hydrogens (tertiary/aromatic N) is 1. The number of rotatable bonds is 7. The summed E-state index contributed by atoms with van der Waals surface area (Å²) in [6, 6.07) is 12.4. The molecule has 2 aromatic rings. The highest BCUT2D eigenvalue weighted by Gasteiger charge is 2.27. The number of halogens is 2. The first-order valence-electron chi connectivity index (χ1n) is 9.92. The van der Waals surface area contributed by atoms with Crippen LogP contribution in [0.15, 0.2) is 48.5 Å². The van der Waals surface area contributed by atoms with Crippen LogP contribution < -0.4 is 10.6 Å². The maximum absolute atomic E-state index is 13.7. The Balaban J connectivity index is 1.55. The SMILES string of the molecule is O=C(NCCc1c(F)cccc1F)NCC(C(=O)N1CCOCC1)c1ccccc1. The quantitative estimate of drug-likeness (QED) is 0.727. The zero-order valence-corrected chi connectivity index (χ0v) is 16.6. The van der Waals surface area contributed by atoms with Gasteiger partial charge in [0.2, 0.25) is 5.91 Å². The van der Waals surface area contributed by atoms with Crippen molar-refractivity contribution in [2.24, 2.45) is 0 Å². The molecule has 1 aliphatic rings. The molecule has 0 saturated carbocycles. The molecule has 2 N–H and O–H groups in total. The zero-order valence-electron chi connectivity index (χ0n) is 16.6. The standard InChI is InChI=1S/C22H25F2N3O3/c23-19-7-4-8-20(24)17(19)9-10-25-22(29)26-15-18(16-5-2-1-3-6-16)21(28)27-11-13-30-14-12-27/h1-8,18H,9-15H2,(H2,25,26,29). The number of hydrogen-bond donors (Lipinski definition) is 2. The second-order valence-electron chi connectivity index (χ2n) is 6.99. The van der Waals surface area contributed by atoms with Gasteiger partial charge >= 0.3 is 6.03 Å². The molecule has 1 heterocycles. The molecule has 160 valence electrons. The number of nitrogens with one attached hydrogen (secondary N) is 2. The van der Waals surface area contributed by atoms with E-state index in [4.69, 9.17) is 4.74 Å². The Morgan fingerprint density at radius 3 is 2.30 bits per heavy atom. The average molecular weight is 417 g/mol. The number of hydrogen-bond acceptors (Lipinski definition) is 3. The van der Waals surface area contributed by atoms with Gasteiger partial charge in [-0.15, -0.1) is 0 Å². The van der Waals surface area contributed by atoms with Crippen molar-refractivity contribution in [1.82, 2.24) is 15.5 Å². The van der Waals surface area contributed by atoms with Gasteiger partial charge in [0, 0.05) is 31.7 Å². The molecule has 3 amide bonds. The normalized spacial score (nSPS) is 14.8. The molecule has 1 atom stereocenters. The number of amides is 3. The molecule has 1 aliphatic heterocycles. The maximum Gasteiger partial charge on any atom is 0.314 e. The van der Waals surface area contributed by atoms with Gasteiger partial charge in [0.15, 0.2) is 0 Å². The summed E-state index contributed by atoms with van der Waals surface area (Å²) in [6.45, 7) is 2.20. The smallest absolute Gasteiger partial charge is 0.314 e. The summed E-state index contributed by atoms with van der Waals surface area (Å²) in [5.74, 6) is -1.88. The number of benzene rings is 2. The number of carbonyl (C=O) groups excluding carboxylic acids is 2. The van der Waals surface area contributed by atoms with Crippen molar-refractivity contribution in [3.8, 4) is 0 Å². The Kier molecular flexibility index (Phi) is 7.73.